The van der Waals surface area contributed by atoms with Gasteiger partial charge in [-0.05, 0) is 30.7 Å². The number of rotatable bonds is 7. The Kier molecular flexibility index (Phi) is 6.29. The van der Waals surface area contributed by atoms with Gasteiger partial charge in [0, 0.05) is 23.5 Å². The molecule has 0 unspecified atom stereocenters. The summed E-state index contributed by atoms with van der Waals surface area (Å²) in [6.07, 6.45) is 3.29. The van der Waals surface area contributed by atoms with Crippen molar-refractivity contribution >= 4 is 15.8 Å². The average molecular weight is 411 g/mol. The zero-order chi connectivity index (χ0) is 20.9. The minimum atomic E-state index is -3.66. The fourth-order valence-electron chi connectivity index (χ4n) is 3.05. The Morgan fingerprint density at radius 1 is 1.03 bits per heavy atom. The van der Waals surface area contributed by atoms with Crippen LogP contribution in [0, 0.1) is 0 Å². The van der Waals surface area contributed by atoms with Gasteiger partial charge in [-0.25, -0.2) is 13.2 Å². The number of hydrogen-bond donors (Lipinski definition) is 0. The van der Waals surface area contributed by atoms with E-state index in [2.05, 4.69) is 4.98 Å². The molecule has 0 fully saturated rings. The number of nitrogens with zero attached hydrogens (tertiary/aromatic N) is 1. The van der Waals surface area contributed by atoms with Crippen molar-refractivity contribution in [1.29, 1.82) is 0 Å². The molecule has 0 amide bonds. The summed E-state index contributed by atoms with van der Waals surface area (Å²) in [7, 11) is -2.22. The number of ether oxygens (including phenoxy) is 2. The van der Waals surface area contributed by atoms with Crippen LogP contribution >= 0.6 is 0 Å². The number of esters is 1. The molecule has 0 atom stereocenters. The third kappa shape index (κ3) is 4.46. The van der Waals surface area contributed by atoms with Gasteiger partial charge in [-0.15, -0.1) is 0 Å². The van der Waals surface area contributed by atoms with Gasteiger partial charge in [-0.3, -0.25) is 4.98 Å². The quantitative estimate of drug-likeness (QED) is 0.548. The maximum absolute atomic E-state index is 12.9. The molecule has 3 aromatic rings. The highest BCUT2D eigenvalue weighted by Crippen LogP contribution is 2.36. The minimum Gasteiger partial charge on any atom is -0.495 e. The first-order valence-electron chi connectivity index (χ1n) is 9.03. The lowest BCUT2D eigenvalue weighted by molar-refractivity contribution is 0.0522. The van der Waals surface area contributed by atoms with Crippen LogP contribution in [0.2, 0.25) is 0 Å². The lowest BCUT2D eigenvalue weighted by atomic mass is 9.99. The smallest absolute Gasteiger partial charge is 0.342 e. The second-order valence-electron chi connectivity index (χ2n) is 6.21. The SMILES string of the molecule is CCOC(=O)c1c(CS(=O)(=O)c2ccccc2)ccc(-c2cccnc2)c1OC. The predicted octanol–water partition coefficient (Wildman–Crippen LogP) is 3.91. The summed E-state index contributed by atoms with van der Waals surface area (Å²) >= 11 is 0. The van der Waals surface area contributed by atoms with E-state index in [9.17, 15) is 13.2 Å². The van der Waals surface area contributed by atoms with E-state index in [1.165, 1.54) is 19.2 Å². The molecule has 3 rings (SSSR count). The summed E-state index contributed by atoms with van der Waals surface area (Å²) in [5.41, 5.74) is 1.80. The fourth-order valence-corrected chi connectivity index (χ4v) is 4.44. The summed E-state index contributed by atoms with van der Waals surface area (Å²) in [6, 6.07) is 15.1. The number of hydrogen-bond acceptors (Lipinski definition) is 6. The Morgan fingerprint density at radius 3 is 2.41 bits per heavy atom. The zero-order valence-electron chi connectivity index (χ0n) is 16.2. The summed E-state index contributed by atoms with van der Waals surface area (Å²) in [5, 5.41) is 0. The van der Waals surface area contributed by atoms with E-state index in [0.717, 1.165) is 5.56 Å². The summed E-state index contributed by atoms with van der Waals surface area (Å²) in [5.74, 6) is -0.722. The Hall–Kier alpha value is -3.19. The predicted molar refractivity (Wildman–Crippen MR) is 110 cm³/mol. The van der Waals surface area contributed by atoms with Gasteiger partial charge in [0.05, 0.1) is 24.4 Å². The highest BCUT2D eigenvalue weighted by molar-refractivity contribution is 7.90. The summed E-state index contributed by atoms with van der Waals surface area (Å²) in [6.45, 7) is 1.85. The van der Waals surface area contributed by atoms with E-state index in [-0.39, 0.29) is 28.6 Å². The van der Waals surface area contributed by atoms with Crippen molar-refractivity contribution in [3.63, 3.8) is 0 Å². The molecule has 0 saturated carbocycles. The fraction of sp³-hybridized carbons (Fsp3) is 0.182. The van der Waals surface area contributed by atoms with Gasteiger partial charge in [0.25, 0.3) is 0 Å². The normalized spacial score (nSPS) is 11.1. The van der Waals surface area contributed by atoms with Crippen molar-refractivity contribution in [2.24, 2.45) is 0 Å². The molecular weight excluding hydrogens is 390 g/mol. The number of benzene rings is 2. The number of sulfone groups is 1. The van der Waals surface area contributed by atoms with Crippen LogP contribution < -0.4 is 4.74 Å². The van der Waals surface area contributed by atoms with Crippen molar-refractivity contribution in [2.45, 2.75) is 17.6 Å². The molecule has 150 valence electrons. The number of aromatic nitrogens is 1. The summed E-state index contributed by atoms with van der Waals surface area (Å²) in [4.78, 5) is 17.0. The van der Waals surface area contributed by atoms with Crippen LogP contribution in [-0.4, -0.2) is 33.1 Å². The van der Waals surface area contributed by atoms with Gasteiger partial charge in [-0.1, -0.05) is 36.4 Å². The average Bonchev–Trinajstić information content (AvgIpc) is 2.74. The second kappa shape index (κ2) is 8.87. The molecule has 0 saturated heterocycles. The van der Waals surface area contributed by atoms with Gasteiger partial charge in [-0.2, -0.15) is 0 Å². The van der Waals surface area contributed by atoms with Crippen LogP contribution in [0.5, 0.6) is 5.75 Å². The molecule has 7 heteroatoms. The third-order valence-corrected chi connectivity index (χ3v) is 6.03. The van der Waals surface area contributed by atoms with Crippen molar-refractivity contribution in [1.82, 2.24) is 4.98 Å². The number of carbonyl (C=O) groups is 1. The third-order valence-electron chi connectivity index (χ3n) is 4.35. The van der Waals surface area contributed by atoms with E-state index in [1.54, 1.807) is 55.7 Å². The topological polar surface area (TPSA) is 82.6 Å². The van der Waals surface area contributed by atoms with Crippen molar-refractivity contribution in [3.05, 3.63) is 78.1 Å². The molecule has 29 heavy (non-hydrogen) atoms. The molecular formula is C22H21NO5S. The van der Waals surface area contributed by atoms with E-state index >= 15 is 0 Å². The first-order chi connectivity index (χ1) is 14.0. The highest BCUT2D eigenvalue weighted by atomic mass is 32.2. The van der Waals surface area contributed by atoms with Gasteiger partial charge >= 0.3 is 5.97 Å². The molecule has 2 aromatic carbocycles. The molecule has 0 spiro atoms. The Bertz CT molecular complexity index is 1100. The van der Waals surface area contributed by atoms with E-state index < -0.39 is 15.8 Å². The largest absolute Gasteiger partial charge is 0.495 e. The van der Waals surface area contributed by atoms with Crippen LogP contribution in [0.15, 0.2) is 71.9 Å². The van der Waals surface area contributed by atoms with Crippen molar-refractivity contribution < 1.29 is 22.7 Å². The first-order valence-corrected chi connectivity index (χ1v) is 10.7. The molecule has 6 nitrogen and oxygen atoms in total. The minimum absolute atomic E-state index is 0.107. The highest BCUT2D eigenvalue weighted by Gasteiger charge is 2.26. The lowest BCUT2D eigenvalue weighted by Gasteiger charge is -2.17. The molecule has 1 heterocycles. The molecule has 0 N–H and O–H groups in total. The number of pyridine rings is 1. The summed E-state index contributed by atoms with van der Waals surface area (Å²) < 4.78 is 36.5. The molecule has 0 aliphatic heterocycles. The Balaban J connectivity index is 2.15. The van der Waals surface area contributed by atoms with Crippen LogP contribution in [-0.2, 0) is 20.3 Å². The Morgan fingerprint density at radius 2 is 1.79 bits per heavy atom. The number of carbonyl (C=O) groups excluding carboxylic acids is 1. The maximum atomic E-state index is 12.9. The Labute approximate surface area is 170 Å². The van der Waals surface area contributed by atoms with Gasteiger partial charge in [0.1, 0.15) is 11.3 Å². The van der Waals surface area contributed by atoms with E-state index in [1.807, 2.05) is 6.07 Å². The first kappa shape index (κ1) is 20.5. The zero-order valence-corrected chi connectivity index (χ0v) is 17.0. The van der Waals surface area contributed by atoms with Gasteiger partial charge in [0.2, 0.25) is 0 Å². The molecule has 0 aliphatic rings. The number of methoxy groups -OCH3 is 1. The van der Waals surface area contributed by atoms with E-state index in [4.69, 9.17) is 9.47 Å². The molecule has 0 aliphatic carbocycles. The van der Waals surface area contributed by atoms with Crippen LogP contribution in [0.25, 0.3) is 11.1 Å². The lowest BCUT2D eigenvalue weighted by Crippen LogP contribution is -2.14. The van der Waals surface area contributed by atoms with E-state index in [0.29, 0.717) is 11.1 Å². The van der Waals surface area contributed by atoms with Gasteiger partial charge in [0.15, 0.2) is 9.84 Å². The second-order valence-corrected chi connectivity index (χ2v) is 8.20. The standard InChI is InChI=1S/C22H21NO5S/c1-3-28-22(24)20-17(15-29(25,26)18-9-5-4-6-10-18)11-12-19(21(20)27-2)16-8-7-13-23-14-16/h4-14H,3,15H2,1-2H3. The van der Waals surface area contributed by atoms with Crippen LogP contribution in [0.1, 0.15) is 22.8 Å². The maximum Gasteiger partial charge on any atom is 0.342 e. The van der Waals surface area contributed by atoms with Crippen molar-refractivity contribution in [2.75, 3.05) is 13.7 Å². The van der Waals surface area contributed by atoms with Gasteiger partial charge < -0.3 is 9.47 Å². The molecule has 0 radical (unpaired) electrons. The van der Waals surface area contributed by atoms with Crippen LogP contribution in [0.3, 0.4) is 0 Å². The monoisotopic (exact) mass is 411 g/mol. The molecule has 0 bridgehead atoms. The van der Waals surface area contributed by atoms with Crippen molar-refractivity contribution in [3.8, 4) is 16.9 Å². The van der Waals surface area contributed by atoms with Crippen LogP contribution in [0.4, 0.5) is 0 Å². The molecule has 1 aromatic heterocycles.